The number of nitrogens with zero attached hydrogens (tertiary/aromatic N) is 1. The first-order chi connectivity index (χ1) is 10.6. The summed E-state index contributed by atoms with van der Waals surface area (Å²) in [6.45, 7) is 5.84. The Morgan fingerprint density at radius 3 is 2.73 bits per heavy atom. The number of hydrogen-bond acceptors (Lipinski definition) is 3. The number of aromatic amines is 1. The number of nitrogens with one attached hydrogen (secondary N) is 2. The summed E-state index contributed by atoms with van der Waals surface area (Å²) in [5.41, 5.74) is 3.28. The van der Waals surface area contributed by atoms with E-state index in [0.29, 0.717) is 0 Å². The molecule has 1 aromatic carbocycles. The van der Waals surface area contributed by atoms with Crippen LogP contribution in [0.5, 0.6) is 5.75 Å². The molecule has 0 radical (unpaired) electrons. The molecule has 2 N–H and O–H groups in total. The van der Waals surface area contributed by atoms with Gasteiger partial charge in [-0.1, -0.05) is 39.3 Å². The molecule has 1 amide bonds. The fourth-order valence-electron chi connectivity index (χ4n) is 2.25. The number of amides is 1. The summed E-state index contributed by atoms with van der Waals surface area (Å²) >= 11 is 0. The van der Waals surface area contributed by atoms with E-state index >= 15 is 0 Å². The predicted molar refractivity (Wildman–Crippen MR) is 88.0 cm³/mol. The summed E-state index contributed by atoms with van der Waals surface area (Å²) in [5.74, 6) is 0.627. The van der Waals surface area contributed by atoms with Gasteiger partial charge < -0.3 is 10.1 Å². The zero-order chi connectivity index (χ0) is 16.1. The van der Waals surface area contributed by atoms with E-state index in [1.807, 2.05) is 38.1 Å². The van der Waals surface area contributed by atoms with E-state index in [-0.39, 0.29) is 11.8 Å². The maximum absolute atomic E-state index is 12.1. The second-order valence-electron chi connectivity index (χ2n) is 5.52. The summed E-state index contributed by atoms with van der Waals surface area (Å²) in [6, 6.07) is 7.67. The molecule has 0 saturated carbocycles. The van der Waals surface area contributed by atoms with Crippen LogP contribution in [0.1, 0.15) is 32.9 Å². The number of ether oxygens (including phenoxy) is 1. The molecule has 1 heterocycles. The number of carbonyl (C=O) groups is 1. The number of H-pyrrole nitrogens is 1. The van der Waals surface area contributed by atoms with Crippen LogP contribution >= 0.6 is 0 Å². The number of para-hydroxylation sites is 1. The predicted octanol–water partition coefficient (Wildman–Crippen LogP) is 3.63. The Kier molecular flexibility index (Phi) is 5.20. The normalized spacial score (nSPS) is 10.8. The molecule has 0 unspecified atom stereocenters. The van der Waals surface area contributed by atoms with Gasteiger partial charge in [-0.15, -0.1) is 0 Å². The Labute approximate surface area is 131 Å². The molecule has 0 saturated heterocycles. The summed E-state index contributed by atoms with van der Waals surface area (Å²) in [5, 5.41) is 10.5. The Balaban J connectivity index is 2.49. The lowest BCUT2D eigenvalue weighted by molar-refractivity contribution is -0.118. The molecule has 0 aliphatic heterocycles. The van der Waals surface area contributed by atoms with Crippen molar-refractivity contribution in [3.8, 4) is 17.0 Å². The van der Waals surface area contributed by atoms with Crippen LogP contribution in [-0.4, -0.2) is 23.2 Å². The minimum absolute atomic E-state index is 0.0186. The van der Waals surface area contributed by atoms with Crippen molar-refractivity contribution >= 4 is 11.6 Å². The summed E-state index contributed by atoms with van der Waals surface area (Å²) in [6.07, 6.45) is 1.80. The highest BCUT2D eigenvalue weighted by Gasteiger charge is 2.20. The Hall–Kier alpha value is -2.30. The van der Waals surface area contributed by atoms with Crippen LogP contribution in [0.25, 0.3) is 11.3 Å². The quantitative estimate of drug-likeness (QED) is 0.856. The van der Waals surface area contributed by atoms with Crippen molar-refractivity contribution in [3.05, 3.63) is 30.0 Å². The summed E-state index contributed by atoms with van der Waals surface area (Å²) in [7, 11) is 1.63. The molecule has 1 aromatic heterocycles. The first-order valence-electron chi connectivity index (χ1n) is 7.60. The van der Waals surface area contributed by atoms with E-state index < -0.39 is 0 Å². The fourth-order valence-corrected chi connectivity index (χ4v) is 2.25. The van der Waals surface area contributed by atoms with Gasteiger partial charge in [0.25, 0.3) is 0 Å². The molecule has 0 spiro atoms. The lowest BCUT2D eigenvalue weighted by Crippen LogP contribution is -2.18. The van der Waals surface area contributed by atoms with Crippen LogP contribution < -0.4 is 10.1 Å². The van der Waals surface area contributed by atoms with Crippen molar-refractivity contribution in [1.82, 2.24) is 10.2 Å². The average molecular weight is 301 g/mol. The van der Waals surface area contributed by atoms with Crippen molar-refractivity contribution in [3.63, 3.8) is 0 Å². The van der Waals surface area contributed by atoms with Gasteiger partial charge in [0, 0.05) is 11.5 Å². The topological polar surface area (TPSA) is 67.0 Å². The lowest BCUT2D eigenvalue weighted by Gasteiger charge is -2.12. The molecular weight excluding hydrogens is 278 g/mol. The monoisotopic (exact) mass is 301 g/mol. The number of anilines is 1. The zero-order valence-electron chi connectivity index (χ0n) is 13.6. The van der Waals surface area contributed by atoms with E-state index in [0.717, 1.165) is 41.2 Å². The second-order valence-corrected chi connectivity index (χ2v) is 5.52. The van der Waals surface area contributed by atoms with Gasteiger partial charge in [-0.2, -0.15) is 5.10 Å². The van der Waals surface area contributed by atoms with Gasteiger partial charge in [-0.05, 0) is 18.6 Å². The third-order valence-electron chi connectivity index (χ3n) is 3.48. The van der Waals surface area contributed by atoms with Crippen molar-refractivity contribution in [2.45, 2.75) is 33.6 Å². The second kappa shape index (κ2) is 7.11. The maximum atomic E-state index is 12.1. The molecule has 22 heavy (non-hydrogen) atoms. The van der Waals surface area contributed by atoms with E-state index in [1.54, 1.807) is 7.11 Å². The third kappa shape index (κ3) is 3.30. The Morgan fingerprint density at radius 2 is 2.09 bits per heavy atom. The van der Waals surface area contributed by atoms with Gasteiger partial charge in [-0.3, -0.25) is 9.89 Å². The van der Waals surface area contributed by atoms with Crippen LogP contribution in [0.3, 0.4) is 0 Å². The fraction of sp³-hybridized carbons (Fsp3) is 0.412. The number of hydrogen-bond donors (Lipinski definition) is 2. The SMILES string of the molecule is CCCc1[nH]nc(-c2ccccc2OC)c1NC(=O)C(C)C. The van der Waals surface area contributed by atoms with Gasteiger partial charge in [0.2, 0.25) is 5.91 Å². The molecule has 2 rings (SSSR count). The number of aryl methyl sites for hydroxylation is 1. The van der Waals surface area contributed by atoms with Gasteiger partial charge in [0.15, 0.2) is 0 Å². The molecule has 0 atom stereocenters. The van der Waals surface area contributed by atoms with Crippen LogP contribution in [0.15, 0.2) is 24.3 Å². The maximum Gasteiger partial charge on any atom is 0.227 e. The van der Waals surface area contributed by atoms with Crippen LogP contribution in [0.4, 0.5) is 5.69 Å². The third-order valence-corrected chi connectivity index (χ3v) is 3.48. The van der Waals surface area contributed by atoms with Crippen molar-refractivity contribution < 1.29 is 9.53 Å². The van der Waals surface area contributed by atoms with E-state index in [1.165, 1.54) is 0 Å². The number of carbonyl (C=O) groups excluding carboxylic acids is 1. The number of benzene rings is 1. The van der Waals surface area contributed by atoms with Crippen LogP contribution in [0.2, 0.25) is 0 Å². The van der Waals surface area contributed by atoms with Gasteiger partial charge in [0.1, 0.15) is 11.4 Å². The Morgan fingerprint density at radius 1 is 1.36 bits per heavy atom. The van der Waals surface area contributed by atoms with E-state index in [2.05, 4.69) is 22.4 Å². The molecular formula is C17H23N3O2. The highest BCUT2D eigenvalue weighted by atomic mass is 16.5. The standard InChI is InChI=1S/C17H23N3O2/c1-5-8-13-16(18-17(21)11(2)3)15(20-19-13)12-9-6-7-10-14(12)22-4/h6-7,9-11H,5,8H2,1-4H3,(H,18,21)(H,19,20). The minimum atomic E-state index is -0.0881. The largest absolute Gasteiger partial charge is 0.496 e. The molecule has 0 fully saturated rings. The van der Waals surface area contributed by atoms with Crippen molar-refractivity contribution in [1.29, 1.82) is 0 Å². The molecule has 5 nitrogen and oxygen atoms in total. The molecule has 0 aliphatic rings. The first kappa shape index (κ1) is 16.1. The number of rotatable bonds is 6. The average Bonchev–Trinajstić information content (AvgIpc) is 2.90. The summed E-state index contributed by atoms with van der Waals surface area (Å²) < 4.78 is 5.41. The van der Waals surface area contributed by atoms with Gasteiger partial charge >= 0.3 is 0 Å². The highest BCUT2D eigenvalue weighted by molar-refractivity contribution is 5.97. The highest BCUT2D eigenvalue weighted by Crippen LogP contribution is 2.35. The minimum Gasteiger partial charge on any atom is -0.496 e. The molecule has 2 aromatic rings. The van der Waals surface area contributed by atoms with E-state index in [9.17, 15) is 4.79 Å². The molecule has 118 valence electrons. The zero-order valence-corrected chi connectivity index (χ0v) is 13.6. The van der Waals surface area contributed by atoms with Gasteiger partial charge in [0.05, 0.1) is 18.5 Å². The van der Waals surface area contributed by atoms with E-state index in [4.69, 9.17) is 4.74 Å². The molecule has 5 heteroatoms. The van der Waals surface area contributed by atoms with Crippen molar-refractivity contribution in [2.24, 2.45) is 5.92 Å². The van der Waals surface area contributed by atoms with Crippen molar-refractivity contribution in [2.75, 3.05) is 12.4 Å². The Bertz CT molecular complexity index is 647. The van der Waals surface area contributed by atoms with Crippen LogP contribution in [0, 0.1) is 5.92 Å². The number of methoxy groups -OCH3 is 1. The van der Waals surface area contributed by atoms with Gasteiger partial charge in [-0.25, -0.2) is 0 Å². The first-order valence-corrected chi connectivity index (χ1v) is 7.60. The summed E-state index contributed by atoms with van der Waals surface area (Å²) in [4.78, 5) is 12.1. The molecule has 0 aliphatic carbocycles. The van der Waals surface area contributed by atoms with Crippen LogP contribution in [-0.2, 0) is 11.2 Å². The number of aromatic nitrogens is 2. The lowest BCUT2D eigenvalue weighted by atomic mass is 10.1. The smallest absolute Gasteiger partial charge is 0.227 e. The molecule has 0 bridgehead atoms.